The Kier molecular flexibility index (Phi) is 9.41. The van der Waals surface area contributed by atoms with Gasteiger partial charge in [0.2, 0.25) is 0 Å². The Balaban J connectivity index is 1.44. The van der Waals surface area contributed by atoms with Crippen LogP contribution in [0.1, 0.15) is 100 Å². The molecule has 3 heterocycles. The Morgan fingerprint density at radius 1 is 1.00 bits per heavy atom. The largest absolute Gasteiger partial charge is 0.489 e. The SMILES string of the molecule is CCCN(CCN1CCCCC1)c1cccc2c1OCCn1c-2c(C2CCCCC2)c2ccc(C(=O)NC(C)(C)C(=O)O)cc21. The van der Waals surface area contributed by atoms with Crippen molar-refractivity contribution >= 4 is 28.5 Å². The van der Waals surface area contributed by atoms with Gasteiger partial charge in [0.15, 0.2) is 5.75 Å². The molecule has 0 spiro atoms. The average molecular weight is 615 g/mol. The summed E-state index contributed by atoms with van der Waals surface area (Å²) >= 11 is 0. The van der Waals surface area contributed by atoms with E-state index in [0.717, 1.165) is 55.7 Å². The second-order valence-electron chi connectivity index (χ2n) is 13.8. The first-order chi connectivity index (χ1) is 21.8. The molecule has 242 valence electrons. The summed E-state index contributed by atoms with van der Waals surface area (Å²) in [5, 5.41) is 13.5. The van der Waals surface area contributed by atoms with E-state index in [2.05, 4.69) is 50.9 Å². The number of fused-ring (bicyclic) bond motifs is 5. The molecule has 8 nitrogen and oxygen atoms in total. The van der Waals surface area contributed by atoms with Crippen molar-refractivity contribution in [2.75, 3.05) is 44.2 Å². The van der Waals surface area contributed by atoms with Crippen LogP contribution in [-0.2, 0) is 11.3 Å². The van der Waals surface area contributed by atoms with Gasteiger partial charge in [0.05, 0.1) is 17.9 Å². The number of piperidine rings is 1. The number of nitrogens with zero attached hydrogens (tertiary/aromatic N) is 3. The number of carboxylic acids is 1. The van der Waals surface area contributed by atoms with Crippen LogP contribution in [0.3, 0.4) is 0 Å². The maximum atomic E-state index is 13.3. The normalized spacial score (nSPS) is 17.7. The Bertz CT molecular complexity index is 1530. The van der Waals surface area contributed by atoms with Gasteiger partial charge in [-0.05, 0) is 94.8 Å². The molecule has 2 N–H and O–H groups in total. The minimum atomic E-state index is -1.36. The predicted molar refractivity (Wildman–Crippen MR) is 181 cm³/mol. The van der Waals surface area contributed by atoms with E-state index in [4.69, 9.17) is 4.74 Å². The van der Waals surface area contributed by atoms with Crippen LogP contribution in [0, 0.1) is 0 Å². The number of aromatic nitrogens is 1. The lowest BCUT2D eigenvalue weighted by Gasteiger charge is -2.32. The highest BCUT2D eigenvalue weighted by molar-refractivity contribution is 6.03. The molecule has 3 aromatic rings. The second-order valence-corrected chi connectivity index (χ2v) is 13.8. The first kappa shape index (κ1) is 31.5. The molecular formula is C37H50N4O4. The van der Waals surface area contributed by atoms with E-state index in [-0.39, 0.29) is 5.91 Å². The molecule has 1 saturated heterocycles. The fourth-order valence-electron chi connectivity index (χ4n) is 7.67. The molecule has 6 rings (SSSR count). The van der Waals surface area contributed by atoms with Crippen molar-refractivity contribution in [2.45, 2.75) is 96.6 Å². The van der Waals surface area contributed by atoms with Crippen molar-refractivity contribution in [3.63, 3.8) is 0 Å². The molecule has 0 bridgehead atoms. The number of amides is 1. The van der Waals surface area contributed by atoms with E-state index in [1.807, 2.05) is 12.1 Å². The number of nitrogens with one attached hydrogen (secondary N) is 1. The smallest absolute Gasteiger partial charge is 0.328 e. The number of hydrogen-bond donors (Lipinski definition) is 2. The standard InChI is InChI=1S/C37H50N4O4/c1-4-18-40(22-21-39-19-9-6-10-20-39)30-15-11-14-29-33-32(26-12-7-5-8-13-26)28-17-16-27(35(42)38-37(2,3)36(43)44)25-31(28)41(33)23-24-45-34(29)30/h11,14-17,25-26H,4-10,12-13,18-24H2,1-3H3,(H,38,42)(H,43,44). The highest BCUT2D eigenvalue weighted by Gasteiger charge is 2.33. The summed E-state index contributed by atoms with van der Waals surface area (Å²) in [7, 11) is 0. The lowest BCUT2D eigenvalue weighted by Crippen LogP contribution is -2.49. The Morgan fingerprint density at radius 2 is 1.76 bits per heavy atom. The molecular weight excluding hydrogens is 564 g/mol. The number of hydrogen-bond acceptors (Lipinski definition) is 5. The fourth-order valence-corrected chi connectivity index (χ4v) is 7.67. The number of carboxylic acid groups (broad SMARTS) is 1. The van der Waals surface area contributed by atoms with Crippen LogP contribution in [0.15, 0.2) is 36.4 Å². The molecule has 2 aliphatic heterocycles. The lowest BCUT2D eigenvalue weighted by atomic mass is 9.81. The number of rotatable bonds is 10. The molecule has 1 saturated carbocycles. The minimum absolute atomic E-state index is 0.379. The topological polar surface area (TPSA) is 87.0 Å². The van der Waals surface area contributed by atoms with Gasteiger partial charge < -0.3 is 29.5 Å². The molecule has 2 fully saturated rings. The summed E-state index contributed by atoms with van der Waals surface area (Å²) in [6.45, 7) is 11.9. The molecule has 1 amide bonds. The molecule has 1 aliphatic carbocycles. The molecule has 8 heteroatoms. The van der Waals surface area contributed by atoms with Gasteiger partial charge in [-0.25, -0.2) is 4.79 Å². The van der Waals surface area contributed by atoms with Crippen molar-refractivity contribution in [3.05, 3.63) is 47.5 Å². The van der Waals surface area contributed by atoms with E-state index in [9.17, 15) is 14.7 Å². The van der Waals surface area contributed by atoms with Crippen LogP contribution in [0.25, 0.3) is 22.2 Å². The van der Waals surface area contributed by atoms with E-state index >= 15 is 0 Å². The van der Waals surface area contributed by atoms with E-state index in [1.165, 1.54) is 87.8 Å². The van der Waals surface area contributed by atoms with Gasteiger partial charge in [-0.3, -0.25) is 4.79 Å². The van der Waals surface area contributed by atoms with Crippen LogP contribution in [0.2, 0.25) is 0 Å². The minimum Gasteiger partial charge on any atom is -0.489 e. The number of likely N-dealkylation sites (tertiary alicyclic amines) is 1. The molecule has 45 heavy (non-hydrogen) atoms. The average Bonchev–Trinajstić information content (AvgIpc) is 3.24. The third-order valence-corrected chi connectivity index (χ3v) is 10.1. The Hall–Kier alpha value is -3.52. The zero-order chi connectivity index (χ0) is 31.6. The third kappa shape index (κ3) is 6.44. The number of benzene rings is 2. The molecule has 0 unspecified atom stereocenters. The Labute approximate surface area is 267 Å². The van der Waals surface area contributed by atoms with Crippen LogP contribution in [-0.4, -0.2) is 71.3 Å². The van der Waals surface area contributed by atoms with E-state index < -0.39 is 11.5 Å². The maximum Gasteiger partial charge on any atom is 0.328 e. The number of carbonyl (C=O) groups is 2. The van der Waals surface area contributed by atoms with Gasteiger partial charge in [-0.15, -0.1) is 0 Å². The number of anilines is 1. The summed E-state index contributed by atoms with van der Waals surface area (Å²) in [6, 6.07) is 12.5. The lowest BCUT2D eigenvalue weighted by molar-refractivity contribution is -0.143. The van der Waals surface area contributed by atoms with Gasteiger partial charge in [0.25, 0.3) is 5.91 Å². The number of para-hydroxylation sites is 1. The second kappa shape index (κ2) is 13.5. The summed E-state index contributed by atoms with van der Waals surface area (Å²) < 4.78 is 9.05. The highest BCUT2D eigenvalue weighted by Crippen LogP contribution is 2.49. The molecule has 0 atom stereocenters. The van der Waals surface area contributed by atoms with Crippen LogP contribution in [0.5, 0.6) is 5.75 Å². The van der Waals surface area contributed by atoms with Crippen molar-refractivity contribution in [3.8, 4) is 17.0 Å². The Morgan fingerprint density at radius 3 is 2.49 bits per heavy atom. The molecule has 3 aliphatic rings. The van der Waals surface area contributed by atoms with Crippen LogP contribution < -0.4 is 15.0 Å². The fraction of sp³-hybridized carbons (Fsp3) is 0.568. The first-order valence-electron chi connectivity index (χ1n) is 17.2. The van der Waals surface area contributed by atoms with E-state index in [0.29, 0.717) is 24.6 Å². The van der Waals surface area contributed by atoms with Crippen molar-refractivity contribution in [1.82, 2.24) is 14.8 Å². The molecule has 2 aromatic carbocycles. The summed E-state index contributed by atoms with van der Waals surface area (Å²) in [4.78, 5) is 30.2. The predicted octanol–water partition coefficient (Wildman–Crippen LogP) is 7.04. The van der Waals surface area contributed by atoms with Gasteiger partial charge in [-0.1, -0.05) is 44.7 Å². The van der Waals surface area contributed by atoms with Gasteiger partial charge in [-0.2, -0.15) is 0 Å². The maximum absolute atomic E-state index is 13.3. The number of ether oxygens (including phenoxy) is 1. The summed E-state index contributed by atoms with van der Waals surface area (Å²) in [6.07, 6.45) is 11.1. The van der Waals surface area contributed by atoms with Crippen LogP contribution >= 0.6 is 0 Å². The molecule has 1 aromatic heterocycles. The highest BCUT2D eigenvalue weighted by atomic mass is 16.5. The van der Waals surface area contributed by atoms with Gasteiger partial charge in [0.1, 0.15) is 12.1 Å². The van der Waals surface area contributed by atoms with Crippen molar-refractivity contribution < 1.29 is 19.4 Å². The van der Waals surface area contributed by atoms with Crippen LogP contribution in [0.4, 0.5) is 5.69 Å². The molecule has 0 radical (unpaired) electrons. The summed E-state index contributed by atoms with van der Waals surface area (Å²) in [5.41, 5.74) is 5.04. The first-order valence-corrected chi connectivity index (χ1v) is 17.2. The number of aliphatic carboxylic acids is 1. The van der Waals surface area contributed by atoms with Gasteiger partial charge in [0, 0.05) is 41.7 Å². The van der Waals surface area contributed by atoms with E-state index in [1.54, 1.807) is 0 Å². The quantitative estimate of drug-likeness (QED) is 0.255. The summed E-state index contributed by atoms with van der Waals surface area (Å²) in [5.74, 6) is -0.0193. The van der Waals surface area contributed by atoms with Crippen molar-refractivity contribution in [2.24, 2.45) is 0 Å². The van der Waals surface area contributed by atoms with Gasteiger partial charge >= 0.3 is 5.97 Å². The van der Waals surface area contributed by atoms with Crippen molar-refractivity contribution in [1.29, 1.82) is 0 Å². The zero-order valence-corrected chi connectivity index (χ0v) is 27.4. The monoisotopic (exact) mass is 614 g/mol. The number of carbonyl (C=O) groups excluding carboxylic acids is 1. The zero-order valence-electron chi connectivity index (χ0n) is 27.4. The third-order valence-electron chi connectivity index (χ3n) is 10.1.